The van der Waals surface area contributed by atoms with E-state index in [0.717, 1.165) is 0 Å². The standard InChI is InChI=1S/C14H14O5S/c15-11-7-8-6-10(11)12(14(16)17)13(8)20(18,19)9-4-2-1-3-5-9/h1-5,8,10,12-13H,6-7H2,(H,16,17)/t8-,10+,12-,13-/m0/s1. The first-order valence-electron chi connectivity index (χ1n) is 6.47. The lowest BCUT2D eigenvalue weighted by Crippen LogP contribution is -2.42. The van der Waals surface area contributed by atoms with Crippen molar-refractivity contribution in [3.05, 3.63) is 30.3 Å². The third kappa shape index (κ3) is 1.78. The average molecular weight is 294 g/mol. The third-order valence-corrected chi connectivity index (χ3v) is 6.72. The highest BCUT2D eigenvalue weighted by Crippen LogP contribution is 2.50. The van der Waals surface area contributed by atoms with Gasteiger partial charge in [-0.1, -0.05) is 18.2 Å². The van der Waals surface area contributed by atoms with Gasteiger partial charge in [0.05, 0.1) is 16.1 Å². The normalized spacial score (nSPS) is 32.5. The Hall–Kier alpha value is -1.69. The van der Waals surface area contributed by atoms with Crippen molar-refractivity contribution in [3.8, 4) is 0 Å². The van der Waals surface area contributed by atoms with Crippen LogP contribution in [0.1, 0.15) is 12.8 Å². The fourth-order valence-corrected chi connectivity index (χ4v) is 5.85. The minimum absolute atomic E-state index is 0.109. The van der Waals surface area contributed by atoms with Crippen LogP contribution in [0.4, 0.5) is 0 Å². The molecule has 6 heteroatoms. The summed E-state index contributed by atoms with van der Waals surface area (Å²) in [6.07, 6.45) is 0.567. The number of sulfone groups is 1. The summed E-state index contributed by atoms with van der Waals surface area (Å²) in [5.41, 5.74) is 0. The van der Waals surface area contributed by atoms with E-state index < -0.39 is 32.9 Å². The number of ketones is 1. The fourth-order valence-electron chi connectivity index (χ4n) is 3.60. The van der Waals surface area contributed by atoms with E-state index >= 15 is 0 Å². The van der Waals surface area contributed by atoms with Gasteiger partial charge in [-0.3, -0.25) is 9.59 Å². The van der Waals surface area contributed by atoms with Gasteiger partial charge < -0.3 is 5.11 Å². The molecule has 2 saturated carbocycles. The van der Waals surface area contributed by atoms with Gasteiger partial charge in [0, 0.05) is 12.3 Å². The van der Waals surface area contributed by atoms with E-state index in [0.29, 0.717) is 6.42 Å². The zero-order valence-electron chi connectivity index (χ0n) is 10.6. The summed E-state index contributed by atoms with van der Waals surface area (Å²) in [4.78, 5) is 23.2. The molecular formula is C14H14O5S. The maximum atomic E-state index is 12.7. The quantitative estimate of drug-likeness (QED) is 0.903. The molecule has 0 unspecified atom stereocenters. The smallest absolute Gasteiger partial charge is 0.308 e. The second kappa shape index (κ2) is 4.41. The van der Waals surface area contributed by atoms with E-state index in [1.54, 1.807) is 18.2 Å². The van der Waals surface area contributed by atoms with Crippen LogP contribution in [0.15, 0.2) is 35.2 Å². The second-order valence-corrected chi connectivity index (χ2v) is 7.57. The first-order chi connectivity index (χ1) is 9.43. The molecule has 0 spiro atoms. The predicted molar refractivity (Wildman–Crippen MR) is 69.8 cm³/mol. The summed E-state index contributed by atoms with van der Waals surface area (Å²) in [7, 11) is -3.72. The number of rotatable bonds is 3. The molecule has 2 fully saturated rings. The van der Waals surface area contributed by atoms with E-state index in [1.165, 1.54) is 12.1 Å². The topological polar surface area (TPSA) is 88.5 Å². The van der Waals surface area contributed by atoms with Crippen molar-refractivity contribution >= 4 is 21.6 Å². The predicted octanol–water partition coefficient (Wildman–Crippen LogP) is 1.14. The van der Waals surface area contributed by atoms with Crippen LogP contribution in [0.5, 0.6) is 0 Å². The first kappa shape index (κ1) is 13.3. The number of fused-ring (bicyclic) bond motifs is 2. The average Bonchev–Trinajstić information content (AvgIpc) is 2.96. The number of aliphatic carboxylic acids is 1. The minimum Gasteiger partial charge on any atom is -0.481 e. The minimum atomic E-state index is -3.72. The van der Waals surface area contributed by atoms with Crippen molar-refractivity contribution in [1.29, 1.82) is 0 Å². The van der Waals surface area contributed by atoms with E-state index in [2.05, 4.69) is 0 Å². The van der Waals surface area contributed by atoms with Crippen LogP contribution in [0.3, 0.4) is 0 Å². The number of carboxylic acid groups (broad SMARTS) is 1. The van der Waals surface area contributed by atoms with Crippen molar-refractivity contribution in [2.75, 3.05) is 0 Å². The Morgan fingerprint density at radius 3 is 2.45 bits per heavy atom. The molecule has 1 N–H and O–H groups in total. The highest BCUT2D eigenvalue weighted by atomic mass is 32.2. The molecule has 106 valence electrons. The Morgan fingerprint density at radius 1 is 1.20 bits per heavy atom. The highest BCUT2D eigenvalue weighted by Gasteiger charge is 2.60. The van der Waals surface area contributed by atoms with Crippen LogP contribution in [-0.2, 0) is 19.4 Å². The lowest BCUT2D eigenvalue weighted by atomic mass is 9.87. The van der Waals surface area contributed by atoms with Crippen LogP contribution in [0, 0.1) is 17.8 Å². The van der Waals surface area contributed by atoms with E-state index in [4.69, 9.17) is 0 Å². The molecule has 2 aliphatic carbocycles. The Morgan fingerprint density at radius 2 is 1.85 bits per heavy atom. The molecule has 0 heterocycles. The van der Waals surface area contributed by atoms with E-state index in [1.807, 2.05) is 0 Å². The van der Waals surface area contributed by atoms with Gasteiger partial charge in [0.15, 0.2) is 9.84 Å². The molecule has 3 rings (SSSR count). The number of carbonyl (C=O) groups excluding carboxylic acids is 1. The SMILES string of the molecule is O=C(O)[C@@H]1[C@@H](S(=O)(=O)c2ccccc2)[C@@H]2CC(=O)[C@H]1C2. The molecule has 0 aliphatic heterocycles. The fraction of sp³-hybridized carbons (Fsp3) is 0.429. The molecule has 0 amide bonds. The zero-order valence-corrected chi connectivity index (χ0v) is 11.4. The van der Waals surface area contributed by atoms with Gasteiger partial charge in [0.2, 0.25) is 0 Å². The molecule has 0 saturated heterocycles. The molecule has 4 atom stereocenters. The zero-order chi connectivity index (χ0) is 14.5. The van der Waals surface area contributed by atoms with Crippen molar-refractivity contribution in [3.63, 3.8) is 0 Å². The Kier molecular flexibility index (Phi) is 2.93. The van der Waals surface area contributed by atoms with E-state index in [-0.39, 0.29) is 23.0 Å². The van der Waals surface area contributed by atoms with Crippen molar-refractivity contribution < 1.29 is 23.1 Å². The Bertz CT molecular complexity index is 664. The first-order valence-corrected chi connectivity index (χ1v) is 8.02. The number of hydrogen-bond donors (Lipinski definition) is 1. The molecule has 1 aromatic carbocycles. The summed E-state index contributed by atoms with van der Waals surface area (Å²) in [5, 5.41) is 8.34. The van der Waals surface area contributed by atoms with Gasteiger partial charge in [0.1, 0.15) is 5.78 Å². The molecule has 2 bridgehead atoms. The summed E-state index contributed by atoms with van der Waals surface area (Å²) in [5.74, 6) is -3.40. The van der Waals surface area contributed by atoms with Crippen molar-refractivity contribution in [1.82, 2.24) is 0 Å². The molecule has 5 nitrogen and oxygen atoms in total. The third-order valence-electron chi connectivity index (χ3n) is 4.40. The van der Waals surface area contributed by atoms with Gasteiger partial charge in [-0.25, -0.2) is 8.42 Å². The van der Waals surface area contributed by atoms with Gasteiger partial charge in [0.25, 0.3) is 0 Å². The highest BCUT2D eigenvalue weighted by molar-refractivity contribution is 7.92. The number of hydrogen-bond acceptors (Lipinski definition) is 4. The van der Waals surface area contributed by atoms with Gasteiger partial charge >= 0.3 is 5.97 Å². The van der Waals surface area contributed by atoms with Crippen LogP contribution in [0.25, 0.3) is 0 Å². The van der Waals surface area contributed by atoms with Crippen LogP contribution in [0.2, 0.25) is 0 Å². The number of Topliss-reactive ketones (excluding diaryl/α,β-unsaturated/α-hetero) is 1. The number of carbonyl (C=O) groups is 2. The molecule has 0 radical (unpaired) electrons. The largest absolute Gasteiger partial charge is 0.481 e. The summed E-state index contributed by atoms with van der Waals surface area (Å²) in [6, 6.07) is 7.88. The van der Waals surface area contributed by atoms with Crippen LogP contribution in [-0.4, -0.2) is 30.5 Å². The number of carboxylic acids is 1. The second-order valence-electron chi connectivity index (χ2n) is 5.46. The van der Waals surface area contributed by atoms with Crippen molar-refractivity contribution in [2.45, 2.75) is 23.0 Å². The number of benzene rings is 1. The van der Waals surface area contributed by atoms with Crippen LogP contribution >= 0.6 is 0 Å². The summed E-state index contributed by atoms with van der Waals surface area (Å²) < 4.78 is 25.3. The summed E-state index contributed by atoms with van der Waals surface area (Å²) >= 11 is 0. The van der Waals surface area contributed by atoms with Crippen molar-refractivity contribution in [2.24, 2.45) is 17.8 Å². The molecule has 20 heavy (non-hydrogen) atoms. The monoisotopic (exact) mass is 294 g/mol. The molecule has 1 aromatic rings. The van der Waals surface area contributed by atoms with Gasteiger partial charge in [-0.15, -0.1) is 0 Å². The van der Waals surface area contributed by atoms with E-state index in [9.17, 15) is 23.1 Å². The van der Waals surface area contributed by atoms with Crippen LogP contribution < -0.4 is 0 Å². The molecular weight excluding hydrogens is 280 g/mol. The lowest BCUT2D eigenvalue weighted by Gasteiger charge is -2.27. The maximum absolute atomic E-state index is 12.7. The lowest BCUT2D eigenvalue weighted by molar-refractivity contribution is -0.146. The molecule has 0 aromatic heterocycles. The molecule has 2 aliphatic rings. The maximum Gasteiger partial charge on any atom is 0.308 e. The Labute approximate surface area is 116 Å². The van der Waals surface area contributed by atoms with Gasteiger partial charge in [-0.05, 0) is 24.5 Å². The van der Waals surface area contributed by atoms with Gasteiger partial charge in [-0.2, -0.15) is 0 Å². The Balaban J connectivity index is 2.06. The summed E-state index contributed by atoms with van der Waals surface area (Å²) in [6.45, 7) is 0.